The molecule has 20 heavy (non-hydrogen) atoms. The minimum absolute atomic E-state index is 0.273. The van der Waals surface area contributed by atoms with Gasteiger partial charge in [0.2, 0.25) is 0 Å². The molecule has 1 atom stereocenters. The molecule has 3 nitrogen and oxygen atoms in total. The Morgan fingerprint density at radius 1 is 1.25 bits per heavy atom. The molecule has 1 N–H and O–H groups in total. The summed E-state index contributed by atoms with van der Waals surface area (Å²) < 4.78 is 39.6. The van der Waals surface area contributed by atoms with Gasteiger partial charge in [-0.05, 0) is 33.6 Å². The average Bonchev–Trinajstić information content (AvgIpc) is 2.74. The number of alkyl halides is 3. The molecule has 108 valence electrons. The van der Waals surface area contributed by atoms with Gasteiger partial charge in [-0.2, -0.15) is 18.3 Å². The van der Waals surface area contributed by atoms with Crippen LogP contribution in [0.1, 0.15) is 11.1 Å². The van der Waals surface area contributed by atoms with Gasteiger partial charge in [0.05, 0.1) is 28.9 Å². The number of hydrogen-bond acceptors (Lipinski definition) is 2. The van der Waals surface area contributed by atoms with Gasteiger partial charge in [-0.25, -0.2) is 0 Å². The maximum absolute atomic E-state index is 12.4. The Labute approximate surface area is 122 Å². The molecule has 0 amide bonds. The normalized spacial score (nSPS) is 13.4. The number of rotatable bonds is 4. The lowest BCUT2D eigenvalue weighted by atomic mass is 10.1. The van der Waals surface area contributed by atoms with Crippen LogP contribution in [0.3, 0.4) is 0 Å². The highest BCUT2D eigenvalue weighted by molar-refractivity contribution is 9.10. The molecule has 0 saturated heterocycles. The predicted octanol–water partition coefficient (Wildman–Crippen LogP) is 3.27. The highest BCUT2D eigenvalue weighted by atomic mass is 79.9. The molecule has 0 fully saturated rings. The third-order valence-corrected chi connectivity index (χ3v) is 3.16. The van der Waals surface area contributed by atoms with Crippen LogP contribution in [0, 0.1) is 0 Å². The number of halogens is 4. The number of nitrogens with zero attached hydrogens (tertiary/aromatic N) is 2. The molecule has 0 aliphatic rings. The number of hydrogen-bond donors (Lipinski definition) is 1. The smallest absolute Gasteiger partial charge is 0.391 e. The standard InChI is InChI=1S/C13H12BrF3N2O/c14-11-6-18-19(7-11)8-12(20)5-9-1-3-10(4-2-9)13(15,16)17/h1-4,6-7,12,20H,5,8H2. The molecule has 2 aromatic rings. The molecular weight excluding hydrogens is 337 g/mol. The zero-order valence-electron chi connectivity index (χ0n) is 10.3. The van der Waals surface area contributed by atoms with Crippen molar-refractivity contribution in [3.8, 4) is 0 Å². The predicted molar refractivity (Wildman–Crippen MR) is 71.1 cm³/mol. The summed E-state index contributed by atoms with van der Waals surface area (Å²) in [5, 5.41) is 13.9. The summed E-state index contributed by atoms with van der Waals surface area (Å²) in [5.41, 5.74) is -0.0385. The van der Waals surface area contributed by atoms with Gasteiger partial charge in [0.1, 0.15) is 0 Å². The van der Waals surface area contributed by atoms with Crippen LogP contribution in [0.25, 0.3) is 0 Å². The summed E-state index contributed by atoms with van der Waals surface area (Å²) >= 11 is 3.24. The van der Waals surface area contributed by atoms with Crippen molar-refractivity contribution >= 4 is 15.9 Å². The molecule has 0 spiro atoms. The fraction of sp³-hybridized carbons (Fsp3) is 0.308. The molecule has 0 aliphatic carbocycles. The molecule has 0 saturated carbocycles. The zero-order valence-corrected chi connectivity index (χ0v) is 11.9. The average molecular weight is 349 g/mol. The van der Waals surface area contributed by atoms with Crippen LogP contribution >= 0.6 is 15.9 Å². The highest BCUT2D eigenvalue weighted by Gasteiger charge is 2.29. The van der Waals surface area contributed by atoms with Crippen LogP contribution in [0.2, 0.25) is 0 Å². The van der Waals surface area contributed by atoms with Gasteiger partial charge >= 0.3 is 6.18 Å². The summed E-state index contributed by atoms with van der Waals surface area (Å²) in [6.07, 6.45) is -1.45. The number of aliphatic hydroxyl groups is 1. The molecule has 0 aliphatic heterocycles. The maximum Gasteiger partial charge on any atom is 0.416 e. The molecule has 0 radical (unpaired) electrons. The first kappa shape index (κ1) is 15.1. The molecule has 1 heterocycles. The fourth-order valence-electron chi connectivity index (χ4n) is 1.82. The Bertz CT molecular complexity index is 566. The molecular formula is C13H12BrF3N2O. The minimum atomic E-state index is -4.33. The van der Waals surface area contributed by atoms with Crippen molar-refractivity contribution in [3.05, 3.63) is 52.3 Å². The van der Waals surface area contributed by atoms with E-state index >= 15 is 0 Å². The second-order valence-corrected chi connectivity index (χ2v) is 5.35. The lowest BCUT2D eigenvalue weighted by Gasteiger charge is -2.12. The maximum atomic E-state index is 12.4. The molecule has 2 rings (SSSR count). The van der Waals surface area contributed by atoms with E-state index in [1.165, 1.54) is 12.1 Å². The van der Waals surface area contributed by atoms with Crippen molar-refractivity contribution in [1.82, 2.24) is 9.78 Å². The first-order valence-electron chi connectivity index (χ1n) is 5.87. The first-order valence-corrected chi connectivity index (χ1v) is 6.66. The lowest BCUT2D eigenvalue weighted by Crippen LogP contribution is -2.19. The Morgan fingerprint density at radius 2 is 1.90 bits per heavy atom. The quantitative estimate of drug-likeness (QED) is 0.920. The topological polar surface area (TPSA) is 38.0 Å². The van der Waals surface area contributed by atoms with Crippen molar-refractivity contribution in [2.75, 3.05) is 0 Å². The summed E-state index contributed by atoms with van der Waals surface area (Å²) in [6.45, 7) is 0.284. The summed E-state index contributed by atoms with van der Waals surface area (Å²) in [6, 6.07) is 4.80. The van der Waals surface area contributed by atoms with E-state index in [1.54, 1.807) is 17.1 Å². The Kier molecular flexibility index (Phi) is 4.49. The van der Waals surface area contributed by atoms with Crippen LogP contribution in [0.5, 0.6) is 0 Å². The monoisotopic (exact) mass is 348 g/mol. The minimum Gasteiger partial charge on any atom is -0.391 e. The number of aliphatic hydroxyl groups excluding tert-OH is 1. The number of aromatic nitrogens is 2. The van der Waals surface area contributed by atoms with E-state index in [0.717, 1.165) is 16.6 Å². The van der Waals surface area contributed by atoms with Crippen molar-refractivity contribution in [3.63, 3.8) is 0 Å². The van der Waals surface area contributed by atoms with Gasteiger partial charge in [-0.3, -0.25) is 4.68 Å². The van der Waals surface area contributed by atoms with Crippen molar-refractivity contribution in [2.24, 2.45) is 0 Å². The van der Waals surface area contributed by atoms with E-state index < -0.39 is 17.8 Å². The van der Waals surface area contributed by atoms with E-state index in [1.807, 2.05) is 0 Å². The van der Waals surface area contributed by atoms with E-state index in [4.69, 9.17) is 0 Å². The van der Waals surface area contributed by atoms with E-state index in [-0.39, 0.29) is 13.0 Å². The molecule has 1 aromatic carbocycles. The third-order valence-electron chi connectivity index (χ3n) is 2.75. The largest absolute Gasteiger partial charge is 0.416 e. The zero-order chi connectivity index (χ0) is 14.8. The molecule has 0 bridgehead atoms. The first-order chi connectivity index (χ1) is 9.34. The Hall–Kier alpha value is -1.34. The van der Waals surface area contributed by atoms with Crippen molar-refractivity contribution in [1.29, 1.82) is 0 Å². The summed E-state index contributed by atoms with van der Waals surface area (Å²) in [4.78, 5) is 0. The lowest BCUT2D eigenvalue weighted by molar-refractivity contribution is -0.137. The molecule has 7 heteroatoms. The second kappa shape index (κ2) is 5.97. The Morgan fingerprint density at radius 3 is 2.40 bits per heavy atom. The third kappa shape index (κ3) is 4.08. The number of benzene rings is 1. The van der Waals surface area contributed by atoms with Gasteiger partial charge in [0.25, 0.3) is 0 Å². The van der Waals surface area contributed by atoms with E-state index in [9.17, 15) is 18.3 Å². The van der Waals surface area contributed by atoms with Crippen LogP contribution in [-0.4, -0.2) is 21.0 Å². The van der Waals surface area contributed by atoms with Crippen molar-refractivity contribution in [2.45, 2.75) is 25.2 Å². The highest BCUT2D eigenvalue weighted by Crippen LogP contribution is 2.29. The van der Waals surface area contributed by atoms with Gasteiger partial charge in [-0.15, -0.1) is 0 Å². The van der Waals surface area contributed by atoms with E-state index in [2.05, 4.69) is 21.0 Å². The van der Waals surface area contributed by atoms with Crippen LogP contribution < -0.4 is 0 Å². The molecule has 1 aromatic heterocycles. The van der Waals surface area contributed by atoms with Gasteiger partial charge in [-0.1, -0.05) is 12.1 Å². The van der Waals surface area contributed by atoms with Crippen LogP contribution in [-0.2, 0) is 19.1 Å². The Balaban J connectivity index is 1.96. The van der Waals surface area contributed by atoms with Crippen LogP contribution in [0.4, 0.5) is 13.2 Å². The van der Waals surface area contributed by atoms with Crippen LogP contribution in [0.15, 0.2) is 41.1 Å². The summed E-state index contributed by atoms with van der Waals surface area (Å²) in [7, 11) is 0. The SMILES string of the molecule is OC(Cc1ccc(C(F)(F)F)cc1)Cn1cc(Br)cn1. The second-order valence-electron chi connectivity index (χ2n) is 4.43. The van der Waals surface area contributed by atoms with Gasteiger partial charge in [0.15, 0.2) is 0 Å². The fourth-order valence-corrected chi connectivity index (χ4v) is 2.15. The van der Waals surface area contributed by atoms with E-state index in [0.29, 0.717) is 5.56 Å². The van der Waals surface area contributed by atoms with Gasteiger partial charge < -0.3 is 5.11 Å². The molecule has 1 unspecified atom stereocenters. The summed E-state index contributed by atoms with van der Waals surface area (Å²) in [5.74, 6) is 0. The van der Waals surface area contributed by atoms with Crippen molar-refractivity contribution < 1.29 is 18.3 Å². The van der Waals surface area contributed by atoms with Gasteiger partial charge in [0, 0.05) is 12.6 Å².